The van der Waals surface area contributed by atoms with Crippen molar-refractivity contribution in [2.45, 2.75) is 12.5 Å². The molecular formula is C23H28N4O2. The van der Waals surface area contributed by atoms with Gasteiger partial charge in [-0.2, -0.15) is 0 Å². The summed E-state index contributed by atoms with van der Waals surface area (Å²) in [6, 6.07) is 17.0. The van der Waals surface area contributed by atoms with E-state index in [4.69, 9.17) is 9.47 Å². The highest BCUT2D eigenvalue weighted by atomic mass is 16.5. The number of pyridine rings is 1. The van der Waals surface area contributed by atoms with Gasteiger partial charge >= 0.3 is 0 Å². The molecule has 3 aromatic rings. The van der Waals surface area contributed by atoms with Crippen LogP contribution in [0.1, 0.15) is 18.0 Å². The van der Waals surface area contributed by atoms with Gasteiger partial charge < -0.3 is 14.8 Å². The number of methoxy groups -OCH3 is 1. The first-order chi connectivity index (χ1) is 14.3. The molecule has 152 valence electrons. The third-order valence-electron chi connectivity index (χ3n) is 5.33. The number of fused-ring (bicyclic) bond motifs is 1. The van der Waals surface area contributed by atoms with E-state index in [9.17, 15) is 0 Å². The van der Waals surface area contributed by atoms with Gasteiger partial charge in [-0.15, -0.1) is 0 Å². The highest BCUT2D eigenvalue weighted by molar-refractivity contribution is 5.84. The average molecular weight is 393 g/mol. The summed E-state index contributed by atoms with van der Waals surface area (Å²) in [5.41, 5.74) is 8.06. The van der Waals surface area contributed by atoms with Crippen molar-refractivity contribution in [2.24, 2.45) is 5.92 Å². The molecule has 2 heterocycles. The molecule has 0 bridgehead atoms. The Morgan fingerprint density at radius 1 is 1.10 bits per heavy atom. The molecule has 0 amide bonds. The molecule has 2 aromatic carbocycles. The molecule has 1 aromatic heterocycles. The molecule has 2 unspecified atom stereocenters. The van der Waals surface area contributed by atoms with Crippen molar-refractivity contribution < 1.29 is 9.47 Å². The maximum absolute atomic E-state index is 5.69. The van der Waals surface area contributed by atoms with Crippen LogP contribution in [-0.2, 0) is 0 Å². The van der Waals surface area contributed by atoms with Crippen molar-refractivity contribution in [1.29, 1.82) is 0 Å². The van der Waals surface area contributed by atoms with Crippen molar-refractivity contribution in [1.82, 2.24) is 21.2 Å². The number of aromatic nitrogens is 1. The third-order valence-corrected chi connectivity index (χ3v) is 5.33. The van der Waals surface area contributed by atoms with Crippen LogP contribution >= 0.6 is 0 Å². The lowest BCUT2D eigenvalue weighted by Crippen LogP contribution is -2.29. The zero-order chi connectivity index (χ0) is 19.9. The monoisotopic (exact) mass is 392 g/mol. The van der Waals surface area contributed by atoms with E-state index >= 15 is 0 Å². The van der Waals surface area contributed by atoms with Crippen LogP contribution in [0.25, 0.3) is 10.8 Å². The van der Waals surface area contributed by atoms with Gasteiger partial charge in [0.25, 0.3) is 0 Å². The summed E-state index contributed by atoms with van der Waals surface area (Å²) >= 11 is 0. The quantitative estimate of drug-likeness (QED) is 0.487. The van der Waals surface area contributed by atoms with E-state index in [0.29, 0.717) is 18.6 Å². The number of hydrogen-bond donors (Lipinski definition) is 3. The number of hydrazine groups is 1. The molecular weight excluding hydrogens is 364 g/mol. The Hall–Kier alpha value is -2.67. The maximum Gasteiger partial charge on any atom is 0.137 e. The Morgan fingerprint density at radius 2 is 2.00 bits per heavy atom. The Kier molecular flexibility index (Phi) is 6.56. The minimum atomic E-state index is 0.292. The van der Waals surface area contributed by atoms with Gasteiger partial charge in [0, 0.05) is 25.2 Å². The molecule has 0 aliphatic carbocycles. The van der Waals surface area contributed by atoms with Crippen LogP contribution in [0.5, 0.6) is 11.5 Å². The molecule has 6 nitrogen and oxygen atoms in total. The van der Waals surface area contributed by atoms with Gasteiger partial charge in [0.05, 0.1) is 26.0 Å². The summed E-state index contributed by atoms with van der Waals surface area (Å²) in [6.07, 6.45) is 4.46. The lowest BCUT2D eigenvalue weighted by atomic mass is 9.93. The standard InChI is InChI=1S/C23H28N4O2/c1-28-21-8-7-17-12-19(6-5-18(17)13-21)23-20(15-26-27-23)14-24-10-3-11-29-22-4-2-9-25-16-22/h2,4-9,12-13,16,20,23-24,26-27H,3,10-11,14-15H2,1H3. The molecule has 6 heteroatoms. The third kappa shape index (κ3) is 5.03. The van der Waals surface area contributed by atoms with E-state index in [-0.39, 0.29) is 0 Å². The molecule has 3 N–H and O–H groups in total. The van der Waals surface area contributed by atoms with Crippen molar-refractivity contribution in [3.63, 3.8) is 0 Å². The molecule has 0 radical (unpaired) electrons. The van der Waals surface area contributed by atoms with Gasteiger partial charge in [-0.05, 0) is 59.6 Å². The van der Waals surface area contributed by atoms with Crippen molar-refractivity contribution in [2.75, 3.05) is 33.4 Å². The van der Waals surface area contributed by atoms with E-state index in [0.717, 1.165) is 37.6 Å². The second-order valence-corrected chi connectivity index (χ2v) is 7.33. The fraction of sp³-hybridized carbons (Fsp3) is 0.348. The Balaban J connectivity index is 1.27. The first kappa shape index (κ1) is 19.6. The van der Waals surface area contributed by atoms with Crippen LogP contribution in [0.4, 0.5) is 0 Å². The van der Waals surface area contributed by atoms with E-state index in [2.05, 4.69) is 51.5 Å². The SMILES string of the molecule is COc1ccc2cc(C3NNCC3CNCCCOc3cccnc3)ccc2c1. The zero-order valence-electron chi connectivity index (χ0n) is 16.7. The molecule has 1 aliphatic heterocycles. The molecule has 0 spiro atoms. The smallest absolute Gasteiger partial charge is 0.137 e. The Labute approximate surface area is 171 Å². The number of benzene rings is 2. The molecule has 2 atom stereocenters. The van der Waals surface area contributed by atoms with Gasteiger partial charge in [0.15, 0.2) is 0 Å². The molecule has 1 saturated heterocycles. The number of hydrogen-bond acceptors (Lipinski definition) is 6. The van der Waals surface area contributed by atoms with Crippen LogP contribution in [0.3, 0.4) is 0 Å². The Morgan fingerprint density at radius 3 is 2.86 bits per heavy atom. The largest absolute Gasteiger partial charge is 0.497 e. The van der Waals surface area contributed by atoms with Gasteiger partial charge in [-0.3, -0.25) is 10.4 Å². The summed E-state index contributed by atoms with van der Waals surface area (Å²) in [5.74, 6) is 2.20. The van der Waals surface area contributed by atoms with E-state index in [1.54, 1.807) is 19.5 Å². The summed E-state index contributed by atoms with van der Waals surface area (Å²) in [5, 5.41) is 6.00. The first-order valence-corrected chi connectivity index (χ1v) is 10.1. The molecule has 1 fully saturated rings. The summed E-state index contributed by atoms with van der Waals surface area (Å²) < 4.78 is 11.0. The predicted molar refractivity (Wildman–Crippen MR) is 115 cm³/mol. The van der Waals surface area contributed by atoms with Gasteiger partial charge in [-0.25, -0.2) is 5.43 Å². The van der Waals surface area contributed by atoms with Crippen molar-refractivity contribution in [3.8, 4) is 11.5 Å². The van der Waals surface area contributed by atoms with Gasteiger partial charge in [0.2, 0.25) is 0 Å². The van der Waals surface area contributed by atoms with Gasteiger partial charge in [-0.1, -0.05) is 18.2 Å². The van der Waals surface area contributed by atoms with Crippen LogP contribution < -0.4 is 25.6 Å². The Bertz CT molecular complexity index is 919. The summed E-state index contributed by atoms with van der Waals surface area (Å²) in [4.78, 5) is 4.06. The van der Waals surface area contributed by atoms with Crippen LogP contribution in [0.2, 0.25) is 0 Å². The van der Waals surface area contributed by atoms with Crippen molar-refractivity contribution in [3.05, 3.63) is 66.5 Å². The van der Waals surface area contributed by atoms with E-state index < -0.39 is 0 Å². The minimum absolute atomic E-state index is 0.292. The van der Waals surface area contributed by atoms with Crippen LogP contribution in [-0.4, -0.2) is 38.3 Å². The van der Waals surface area contributed by atoms with E-state index in [1.807, 2.05) is 18.2 Å². The second-order valence-electron chi connectivity index (χ2n) is 7.33. The molecule has 4 rings (SSSR count). The second kappa shape index (κ2) is 9.69. The fourth-order valence-electron chi connectivity index (χ4n) is 3.75. The molecule has 29 heavy (non-hydrogen) atoms. The number of rotatable bonds is 9. The molecule has 1 aliphatic rings. The minimum Gasteiger partial charge on any atom is -0.497 e. The lowest BCUT2D eigenvalue weighted by molar-refractivity contribution is 0.304. The highest BCUT2D eigenvalue weighted by Gasteiger charge is 2.27. The highest BCUT2D eigenvalue weighted by Crippen LogP contribution is 2.29. The summed E-state index contributed by atoms with van der Waals surface area (Å²) in [6.45, 7) is 3.53. The van der Waals surface area contributed by atoms with Crippen molar-refractivity contribution >= 4 is 10.8 Å². The van der Waals surface area contributed by atoms with Gasteiger partial charge in [0.1, 0.15) is 11.5 Å². The predicted octanol–water partition coefficient (Wildman–Crippen LogP) is 3.07. The summed E-state index contributed by atoms with van der Waals surface area (Å²) in [7, 11) is 1.70. The molecule has 0 saturated carbocycles. The van der Waals surface area contributed by atoms with Crippen LogP contribution in [0, 0.1) is 5.92 Å². The fourth-order valence-corrected chi connectivity index (χ4v) is 3.75. The maximum atomic E-state index is 5.69. The lowest BCUT2D eigenvalue weighted by Gasteiger charge is -2.20. The van der Waals surface area contributed by atoms with E-state index in [1.165, 1.54) is 16.3 Å². The average Bonchev–Trinajstić information content (AvgIpc) is 3.24. The normalized spacial score (nSPS) is 18.8. The zero-order valence-corrected chi connectivity index (χ0v) is 16.7. The van der Waals surface area contributed by atoms with Crippen LogP contribution in [0.15, 0.2) is 60.9 Å². The first-order valence-electron chi connectivity index (χ1n) is 10.1. The topological polar surface area (TPSA) is 67.4 Å². The number of ether oxygens (including phenoxy) is 2. The number of nitrogens with one attached hydrogen (secondary N) is 3. The number of nitrogens with zero attached hydrogens (tertiary/aromatic N) is 1.